The summed E-state index contributed by atoms with van der Waals surface area (Å²) in [6.07, 6.45) is -0.527. The van der Waals surface area contributed by atoms with Crippen molar-refractivity contribution in [2.75, 3.05) is 19.5 Å². The summed E-state index contributed by atoms with van der Waals surface area (Å²) < 4.78 is 10.4. The molecule has 7 heteroatoms. The molecule has 0 saturated heterocycles. The first-order chi connectivity index (χ1) is 11.5. The number of carbonyl (C=O) groups excluding carboxylic acids is 2. The molecule has 0 heterocycles. The zero-order chi connectivity index (χ0) is 17.5. The summed E-state index contributed by atoms with van der Waals surface area (Å²) in [5, 5.41) is 5.40. The van der Waals surface area contributed by atoms with E-state index in [-0.39, 0.29) is 5.91 Å². The minimum absolute atomic E-state index is 0.185. The minimum atomic E-state index is -0.527. The smallest absolute Gasteiger partial charge is 0.411 e. The molecule has 0 aromatic heterocycles. The summed E-state index contributed by atoms with van der Waals surface area (Å²) in [5.74, 6) is 0.482. The lowest BCUT2D eigenvalue weighted by Crippen LogP contribution is -2.22. The van der Waals surface area contributed by atoms with Crippen LogP contribution in [0.3, 0.4) is 0 Å². The number of halogens is 1. The Morgan fingerprint density at radius 2 is 1.79 bits per heavy atom. The van der Waals surface area contributed by atoms with Crippen molar-refractivity contribution in [2.24, 2.45) is 0 Å². The molecule has 2 N–H and O–H groups in total. The van der Waals surface area contributed by atoms with Crippen LogP contribution < -0.4 is 15.4 Å². The molecule has 0 spiro atoms. The second kappa shape index (κ2) is 8.35. The third-order valence-electron chi connectivity index (χ3n) is 3.25. The summed E-state index contributed by atoms with van der Waals surface area (Å²) in [6, 6.07) is 12.2. The molecule has 2 aromatic rings. The maximum atomic E-state index is 12.2. The third kappa shape index (κ3) is 4.73. The largest absolute Gasteiger partial charge is 0.496 e. The van der Waals surface area contributed by atoms with Crippen molar-refractivity contribution in [3.63, 3.8) is 0 Å². The van der Waals surface area contributed by atoms with Gasteiger partial charge in [-0.15, -0.1) is 0 Å². The predicted molar refractivity (Wildman–Crippen MR) is 94.3 cm³/mol. The number of carbonyl (C=O) groups is 2. The van der Waals surface area contributed by atoms with E-state index < -0.39 is 6.09 Å². The standard InChI is InChI=1S/C17H17BrN2O4/c1-23-15-8-5-12(9-14(15)18)16(21)19-10-11-3-6-13(7-4-11)20-17(22)24-2/h3-9H,10H2,1-2H3,(H,19,21)(H,20,22). The zero-order valence-corrected chi connectivity index (χ0v) is 14.8. The van der Waals surface area contributed by atoms with Crippen molar-refractivity contribution in [1.82, 2.24) is 5.32 Å². The van der Waals surface area contributed by atoms with Crippen LogP contribution in [-0.2, 0) is 11.3 Å². The molecule has 2 amide bonds. The van der Waals surface area contributed by atoms with Gasteiger partial charge in [0, 0.05) is 17.8 Å². The molecule has 0 aliphatic heterocycles. The molecule has 0 bridgehead atoms. The fourth-order valence-electron chi connectivity index (χ4n) is 1.97. The van der Waals surface area contributed by atoms with Gasteiger partial charge < -0.3 is 14.8 Å². The van der Waals surface area contributed by atoms with E-state index in [1.54, 1.807) is 37.4 Å². The van der Waals surface area contributed by atoms with Crippen molar-refractivity contribution in [3.05, 3.63) is 58.1 Å². The van der Waals surface area contributed by atoms with Gasteiger partial charge >= 0.3 is 6.09 Å². The minimum Gasteiger partial charge on any atom is -0.496 e. The quantitative estimate of drug-likeness (QED) is 0.815. The number of hydrogen-bond donors (Lipinski definition) is 2. The average Bonchev–Trinajstić information content (AvgIpc) is 2.60. The van der Waals surface area contributed by atoms with Crippen LogP contribution in [0.4, 0.5) is 10.5 Å². The first-order valence-electron chi connectivity index (χ1n) is 7.09. The van der Waals surface area contributed by atoms with Crippen LogP contribution in [0.25, 0.3) is 0 Å². The van der Waals surface area contributed by atoms with E-state index in [0.717, 1.165) is 10.0 Å². The summed E-state index contributed by atoms with van der Waals surface area (Å²) in [5.41, 5.74) is 2.06. The lowest BCUT2D eigenvalue weighted by Gasteiger charge is -2.09. The normalized spacial score (nSPS) is 9.96. The highest BCUT2D eigenvalue weighted by molar-refractivity contribution is 9.10. The van der Waals surface area contributed by atoms with E-state index in [0.29, 0.717) is 23.5 Å². The van der Waals surface area contributed by atoms with Crippen molar-refractivity contribution < 1.29 is 19.1 Å². The van der Waals surface area contributed by atoms with Gasteiger partial charge in [0.1, 0.15) is 5.75 Å². The number of nitrogens with one attached hydrogen (secondary N) is 2. The van der Waals surface area contributed by atoms with Gasteiger partial charge in [-0.1, -0.05) is 12.1 Å². The predicted octanol–water partition coefficient (Wildman–Crippen LogP) is 3.57. The summed E-state index contributed by atoms with van der Waals surface area (Å²) in [6.45, 7) is 0.376. The van der Waals surface area contributed by atoms with Gasteiger partial charge in [-0.25, -0.2) is 4.79 Å². The molecule has 0 radical (unpaired) electrons. The van der Waals surface area contributed by atoms with Gasteiger partial charge in [0.05, 0.1) is 18.7 Å². The van der Waals surface area contributed by atoms with Crippen LogP contribution >= 0.6 is 15.9 Å². The van der Waals surface area contributed by atoms with Crippen LogP contribution in [0.2, 0.25) is 0 Å². The van der Waals surface area contributed by atoms with E-state index in [4.69, 9.17) is 4.74 Å². The van der Waals surface area contributed by atoms with Crippen molar-refractivity contribution in [2.45, 2.75) is 6.54 Å². The summed E-state index contributed by atoms with van der Waals surface area (Å²) in [7, 11) is 2.87. The molecule has 2 aromatic carbocycles. The maximum absolute atomic E-state index is 12.2. The second-order valence-corrected chi connectivity index (χ2v) is 5.70. The SMILES string of the molecule is COC(=O)Nc1ccc(CNC(=O)c2ccc(OC)c(Br)c2)cc1. The molecular weight excluding hydrogens is 376 g/mol. The number of benzene rings is 2. The number of methoxy groups -OCH3 is 2. The van der Waals surface area contributed by atoms with Gasteiger partial charge in [0.25, 0.3) is 5.91 Å². The van der Waals surface area contributed by atoms with Gasteiger partial charge in [-0.2, -0.15) is 0 Å². The Hall–Kier alpha value is -2.54. The van der Waals surface area contributed by atoms with Gasteiger partial charge in [0.2, 0.25) is 0 Å². The van der Waals surface area contributed by atoms with E-state index in [2.05, 4.69) is 31.3 Å². The number of amides is 2. The summed E-state index contributed by atoms with van der Waals surface area (Å²) >= 11 is 3.36. The van der Waals surface area contributed by atoms with E-state index in [1.807, 2.05) is 12.1 Å². The van der Waals surface area contributed by atoms with Crippen molar-refractivity contribution in [3.8, 4) is 5.75 Å². The van der Waals surface area contributed by atoms with E-state index in [1.165, 1.54) is 7.11 Å². The van der Waals surface area contributed by atoms with Crippen molar-refractivity contribution >= 4 is 33.6 Å². The highest BCUT2D eigenvalue weighted by Crippen LogP contribution is 2.25. The fourth-order valence-corrected chi connectivity index (χ4v) is 2.51. The Morgan fingerprint density at radius 1 is 1.08 bits per heavy atom. The molecule has 0 aliphatic carbocycles. The molecule has 126 valence electrons. The van der Waals surface area contributed by atoms with Crippen molar-refractivity contribution in [1.29, 1.82) is 0 Å². The maximum Gasteiger partial charge on any atom is 0.411 e. The Kier molecular flexibility index (Phi) is 6.20. The highest BCUT2D eigenvalue weighted by atomic mass is 79.9. The van der Waals surface area contributed by atoms with E-state index >= 15 is 0 Å². The zero-order valence-electron chi connectivity index (χ0n) is 13.3. The number of rotatable bonds is 5. The fraction of sp³-hybridized carbons (Fsp3) is 0.176. The first kappa shape index (κ1) is 17.8. The average molecular weight is 393 g/mol. The van der Waals surface area contributed by atoms with Crippen LogP contribution in [0.5, 0.6) is 5.75 Å². The van der Waals surface area contributed by atoms with E-state index in [9.17, 15) is 9.59 Å². The topological polar surface area (TPSA) is 76.7 Å². The molecule has 6 nitrogen and oxygen atoms in total. The highest BCUT2D eigenvalue weighted by Gasteiger charge is 2.09. The Balaban J connectivity index is 1.94. The monoisotopic (exact) mass is 392 g/mol. The van der Waals surface area contributed by atoms with Gasteiger partial charge in [0.15, 0.2) is 0 Å². The second-order valence-electron chi connectivity index (χ2n) is 4.85. The summed E-state index contributed by atoms with van der Waals surface area (Å²) in [4.78, 5) is 23.3. The van der Waals surface area contributed by atoms with Gasteiger partial charge in [-0.05, 0) is 51.8 Å². The molecule has 2 rings (SSSR count). The number of anilines is 1. The lowest BCUT2D eigenvalue weighted by atomic mass is 10.1. The first-order valence-corrected chi connectivity index (χ1v) is 7.88. The molecule has 24 heavy (non-hydrogen) atoms. The Labute approximate surface area is 148 Å². The molecule has 0 saturated carbocycles. The molecule has 0 atom stereocenters. The third-order valence-corrected chi connectivity index (χ3v) is 3.87. The number of ether oxygens (including phenoxy) is 2. The molecule has 0 fully saturated rings. The molecular formula is C17H17BrN2O4. The lowest BCUT2D eigenvalue weighted by molar-refractivity contribution is 0.0950. The molecule has 0 unspecified atom stereocenters. The van der Waals surface area contributed by atoms with Crippen LogP contribution in [0.1, 0.15) is 15.9 Å². The van der Waals surface area contributed by atoms with Crippen LogP contribution in [0, 0.1) is 0 Å². The Bertz CT molecular complexity index is 732. The van der Waals surface area contributed by atoms with Crippen LogP contribution in [0.15, 0.2) is 46.9 Å². The number of hydrogen-bond acceptors (Lipinski definition) is 4. The molecule has 0 aliphatic rings. The van der Waals surface area contributed by atoms with Gasteiger partial charge in [-0.3, -0.25) is 10.1 Å². The Morgan fingerprint density at radius 3 is 2.38 bits per heavy atom. The van der Waals surface area contributed by atoms with Crippen LogP contribution in [-0.4, -0.2) is 26.2 Å².